The highest BCUT2D eigenvalue weighted by molar-refractivity contribution is 6.04. The average Bonchev–Trinajstić information content (AvgIpc) is 2.68. The van der Waals surface area contributed by atoms with Crippen LogP contribution >= 0.6 is 0 Å². The Morgan fingerprint density at radius 3 is 2.69 bits per heavy atom. The highest BCUT2D eigenvalue weighted by Gasteiger charge is 2.40. The van der Waals surface area contributed by atoms with Crippen molar-refractivity contribution in [1.82, 2.24) is 10.2 Å². The van der Waals surface area contributed by atoms with Crippen molar-refractivity contribution in [1.29, 1.82) is 0 Å². The lowest BCUT2D eigenvalue weighted by Crippen LogP contribution is -2.32. The van der Waals surface area contributed by atoms with Gasteiger partial charge in [0.2, 0.25) is 5.43 Å². The van der Waals surface area contributed by atoms with E-state index in [4.69, 9.17) is 0 Å². The lowest BCUT2D eigenvalue weighted by molar-refractivity contribution is -0.168. The van der Waals surface area contributed by atoms with Gasteiger partial charge >= 0.3 is 12.3 Å². The molecule has 6 nitrogen and oxygen atoms in total. The molecule has 0 aliphatic rings. The van der Waals surface area contributed by atoms with Gasteiger partial charge in [-0.1, -0.05) is 24.3 Å². The molecule has 0 saturated heterocycles. The van der Waals surface area contributed by atoms with E-state index in [1.807, 2.05) is 0 Å². The topological polar surface area (TPSA) is 84.1 Å². The van der Waals surface area contributed by atoms with E-state index in [9.17, 15) is 27.2 Å². The maximum absolute atomic E-state index is 12.9. The first kappa shape index (κ1) is 20.5. The van der Waals surface area contributed by atoms with Crippen molar-refractivity contribution < 1.29 is 27.1 Å². The van der Waals surface area contributed by atoms with E-state index in [2.05, 4.69) is 20.3 Å². The minimum atomic E-state index is -4.24. The Morgan fingerprint density at radius 1 is 1.17 bits per heavy atom. The Morgan fingerprint density at radius 2 is 1.93 bits per heavy atom. The van der Waals surface area contributed by atoms with E-state index in [-0.39, 0.29) is 18.0 Å². The van der Waals surface area contributed by atoms with Crippen LogP contribution in [0.2, 0.25) is 0 Å². The lowest BCUT2D eigenvalue weighted by atomic mass is 10.2. The van der Waals surface area contributed by atoms with Gasteiger partial charge in [-0.25, -0.2) is 8.78 Å². The summed E-state index contributed by atoms with van der Waals surface area (Å²) in [4.78, 5) is 24.8. The monoisotopic (exact) mass is 409 g/mol. The summed E-state index contributed by atoms with van der Waals surface area (Å²) in [6.07, 6.45) is -3.82. The van der Waals surface area contributed by atoms with Gasteiger partial charge in [-0.15, -0.1) is 0 Å². The summed E-state index contributed by atoms with van der Waals surface area (Å²) in [5.74, 6) is -5.01. The third-order valence-electron chi connectivity index (χ3n) is 3.96. The zero-order valence-corrected chi connectivity index (χ0v) is 14.8. The van der Waals surface area contributed by atoms with Crippen molar-refractivity contribution in [2.24, 2.45) is 0 Å². The van der Waals surface area contributed by atoms with E-state index in [1.54, 1.807) is 24.3 Å². The van der Waals surface area contributed by atoms with E-state index < -0.39 is 30.3 Å². The second kappa shape index (κ2) is 8.39. The van der Waals surface area contributed by atoms with Gasteiger partial charge in [0.05, 0.1) is 12.1 Å². The highest BCUT2D eigenvalue weighted by Crippen LogP contribution is 2.23. The van der Waals surface area contributed by atoms with Crippen molar-refractivity contribution in [3.8, 4) is 0 Å². The minimum Gasteiger partial charge on any atom is -0.370 e. The van der Waals surface area contributed by atoms with Crippen molar-refractivity contribution in [2.45, 2.75) is 19.0 Å². The molecule has 1 heterocycles. The smallest absolute Gasteiger partial charge is 0.330 e. The molecule has 3 aromatic rings. The Hall–Kier alpha value is -3.27. The van der Waals surface area contributed by atoms with Gasteiger partial charge in [-0.2, -0.15) is 13.9 Å². The van der Waals surface area contributed by atoms with Crippen LogP contribution < -0.4 is 10.7 Å². The maximum atomic E-state index is 12.9. The Bertz CT molecular complexity index is 1090. The van der Waals surface area contributed by atoms with Crippen molar-refractivity contribution in [2.75, 3.05) is 11.9 Å². The predicted octanol–water partition coefficient (Wildman–Crippen LogP) is 3.59. The fourth-order valence-corrected chi connectivity index (χ4v) is 2.52. The number of fused-ring (bicyclic) bond motifs is 1. The number of benzene rings is 2. The van der Waals surface area contributed by atoms with Crippen LogP contribution in [-0.4, -0.2) is 35.1 Å². The number of amides is 1. The number of aromatic amines is 1. The van der Waals surface area contributed by atoms with Gasteiger partial charge in [0.25, 0.3) is 5.91 Å². The number of hydrogen-bond donors (Lipinski definition) is 2. The number of rotatable bonds is 7. The molecule has 3 rings (SSSR count). The molecule has 0 bridgehead atoms. The average molecular weight is 409 g/mol. The SMILES string of the molecule is O=C(Nc1cccc(COCC(F)(F)C(F)F)c1)c1n[nH]c2ccccc2c1=O. The molecule has 152 valence electrons. The van der Waals surface area contributed by atoms with Crippen LogP contribution in [0.25, 0.3) is 10.9 Å². The third-order valence-corrected chi connectivity index (χ3v) is 3.96. The second-order valence-electron chi connectivity index (χ2n) is 6.16. The fourth-order valence-electron chi connectivity index (χ4n) is 2.52. The molecule has 0 unspecified atom stereocenters. The summed E-state index contributed by atoms with van der Waals surface area (Å²) in [6, 6.07) is 12.5. The van der Waals surface area contributed by atoms with E-state index >= 15 is 0 Å². The number of anilines is 1. The first-order chi connectivity index (χ1) is 13.8. The first-order valence-electron chi connectivity index (χ1n) is 8.39. The quantitative estimate of drug-likeness (QED) is 0.584. The molecule has 0 atom stereocenters. The molecule has 2 aromatic carbocycles. The summed E-state index contributed by atoms with van der Waals surface area (Å²) in [6.45, 7) is -1.79. The Kier molecular flexibility index (Phi) is 5.92. The van der Waals surface area contributed by atoms with Gasteiger partial charge in [0.1, 0.15) is 6.61 Å². The van der Waals surface area contributed by atoms with Gasteiger partial charge in [0.15, 0.2) is 5.69 Å². The third kappa shape index (κ3) is 4.77. The molecule has 29 heavy (non-hydrogen) atoms. The molecule has 2 N–H and O–H groups in total. The summed E-state index contributed by atoms with van der Waals surface area (Å²) in [7, 11) is 0. The largest absolute Gasteiger partial charge is 0.370 e. The second-order valence-corrected chi connectivity index (χ2v) is 6.16. The Labute approximate surface area is 161 Å². The fraction of sp³-hybridized carbons (Fsp3) is 0.211. The number of nitrogens with one attached hydrogen (secondary N) is 2. The summed E-state index contributed by atoms with van der Waals surface area (Å²) in [5.41, 5.74) is 0.209. The van der Waals surface area contributed by atoms with E-state index in [0.29, 0.717) is 16.5 Å². The molecule has 0 fully saturated rings. The number of hydrogen-bond acceptors (Lipinski definition) is 4. The lowest BCUT2D eigenvalue weighted by Gasteiger charge is -2.15. The number of alkyl halides is 4. The minimum absolute atomic E-state index is 0.256. The number of carbonyl (C=O) groups excluding carboxylic acids is 1. The van der Waals surface area contributed by atoms with Crippen LogP contribution in [0.5, 0.6) is 0 Å². The maximum Gasteiger partial charge on any atom is 0.330 e. The summed E-state index contributed by atoms with van der Waals surface area (Å²) in [5, 5.41) is 9.20. The number of ether oxygens (including phenoxy) is 1. The van der Waals surface area contributed by atoms with E-state index in [0.717, 1.165) is 0 Å². The van der Waals surface area contributed by atoms with E-state index in [1.165, 1.54) is 24.3 Å². The van der Waals surface area contributed by atoms with Crippen LogP contribution in [0.4, 0.5) is 23.2 Å². The molecular weight excluding hydrogens is 394 g/mol. The molecule has 0 aliphatic carbocycles. The summed E-state index contributed by atoms with van der Waals surface area (Å²) >= 11 is 0. The summed E-state index contributed by atoms with van der Waals surface area (Å²) < 4.78 is 54.6. The molecule has 0 spiro atoms. The van der Waals surface area contributed by atoms with Gasteiger partial charge in [0, 0.05) is 11.1 Å². The number of carbonyl (C=O) groups is 1. The molecule has 10 heteroatoms. The van der Waals surface area contributed by atoms with Gasteiger partial charge in [-0.3, -0.25) is 14.7 Å². The molecule has 1 aromatic heterocycles. The molecular formula is C19H15F4N3O3. The number of aromatic nitrogens is 2. The molecule has 1 amide bonds. The first-order valence-corrected chi connectivity index (χ1v) is 8.39. The van der Waals surface area contributed by atoms with Crippen LogP contribution in [0.1, 0.15) is 16.1 Å². The number of para-hydroxylation sites is 1. The van der Waals surface area contributed by atoms with Gasteiger partial charge in [-0.05, 0) is 29.8 Å². The molecule has 0 saturated carbocycles. The van der Waals surface area contributed by atoms with Crippen LogP contribution in [0, 0.1) is 0 Å². The van der Waals surface area contributed by atoms with Gasteiger partial charge < -0.3 is 10.1 Å². The number of H-pyrrole nitrogens is 1. The standard InChI is InChI=1S/C19H15F4N3O3/c20-18(21)19(22,23)10-29-9-11-4-3-5-12(8-11)24-17(28)15-16(27)13-6-1-2-7-14(13)25-26-15/h1-8,18H,9-10H2,(H,24,28)(H,25,27). The zero-order valence-electron chi connectivity index (χ0n) is 14.8. The number of halogens is 4. The Balaban J connectivity index is 1.70. The predicted molar refractivity (Wildman–Crippen MR) is 97.4 cm³/mol. The number of nitrogens with zero attached hydrogens (tertiary/aromatic N) is 1. The normalized spacial score (nSPS) is 11.8. The van der Waals surface area contributed by atoms with Crippen molar-refractivity contribution in [3.05, 3.63) is 70.0 Å². The van der Waals surface area contributed by atoms with Crippen LogP contribution in [0.3, 0.4) is 0 Å². The highest BCUT2D eigenvalue weighted by atomic mass is 19.3. The van der Waals surface area contributed by atoms with Crippen LogP contribution in [0.15, 0.2) is 53.3 Å². The molecule has 0 aliphatic heterocycles. The van der Waals surface area contributed by atoms with Crippen molar-refractivity contribution in [3.63, 3.8) is 0 Å². The zero-order chi connectivity index (χ0) is 21.0. The molecule has 0 radical (unpaired) electrons. The van der Waals surface area contributed by atoms with Crippen LogP contribution in [-0.2, 0) is 11.3 Å². The van der Waals surface area contributed by atoms with Crippen molar-refractivity contribution >= 4 is 22.5 Å².